The van der Waals surface area contributed by atoms with Crippen LogP contribution in [0.15, 0.2) is 104 Å². The normalized spacial score (nSPS) is 11.0. The van der Waals surface area contributed by atoms with Gasteiger partial charge in [0.05, 0.1) is 24.1 Å². The quantitative estimate of drug-likeness (QED) is 0.393. The van der Waals surface area contributed by atoms with Crippen LogP contribution >= 0.6 is 0 Å². The van der Waals surface area contributed by atoms with Gasteiger partial charge in [0.2, 0.25) is 0 Å². The fourth-order valence-electron chi connectivity index (χ4n) is 3.91. The predicted octanol–water partition coefficient (Wildman–Crippen LogP) is 5.23. The van der Waals surface area contributed by atoms with Gasteiger partial charge in [-0.3, -0.25) is 0 Å². The highest BCUT2D eigenvalue weighted by atomic mass is 15.3. The average Bonchev–Trinajstić information content (AvgIpc) is 3.46. The Bertz CT molecular complexity index is 1290. The van der Waals surface area contributed by atoms with Crippen LogP contribution in [0.1, 0.15) is 11.4 Å². The third-order valence-electron chi connectivity index (χ3n) is 5.63. The SMILES string of the molecule is Cn1ccnc1CNCc1cnn(-c2ccc(-c3ccccc3)cc2)c1-c1ccccc1. The third kappa shape index (κ3) is 4.11. The van der Waals surface area contributed by atoms with Crippen LogP contribution in [-0.2, 0) is 20.1 Å². The summed E-state index contributed by atoms with van der Waals surface area (Å²) in [6.45, 7) is 1.41. The third-order valence-corrected chi connectivity index (χ3v) is 5.63. The molecular formula is C27H25N5. The molecule has 0 radical (unpaired) electrons. The molecule has 32 heavy (non-hydrogen) atoms. The Morgan fingerprint density at radius 1 is 0.750 bits per heavy atom. The molecule has 0 unspecified atom stereocenters. The highest BCUT2D eigenvalue weighted by molar-refractivity contribution is 5.68. The zero-order valence-corrected chi connectivity index (χ0v) is 18.0. The first-order chi connectivity index (χ1) is 15.8. The van der Waals surface area contributed by atoms with Gasteiger partial charge in [-0.25, -0.2) is 9.67 Å². The van der Waals surface area contributed by atoms with E-state index in [2.05, 4.69) is 83.1 Å². The predicted molar refractivity (Wildman–Crippen MR) is 128 cm³/mol. The van der Waals surface area contributed by atoms with E-state index in [4.69, 9.17) is 5.10 Å². The van der Waals surface area contributed by atoms with Gasteiger partial charge < -0.3 is 9.88 Å². The number of nitrogens with one attached hydrogen (secondary N) is 1. The van der Waals surface area contributed by atoms with E-state index in [1.165, 1.54) is 11.1 Å². The van der Waals surface area contributed by atoms with Gasteiger partial charge in [0.25, 0.3) is 0 Å². The Hall–Kier alpha value is -3.96. The lowest BCUT2D eigenvalue weighted by Crippen LogP contribution is -2.16. The number of aryl methyl sites for hydroxylation is 1. The van der Waals surface area contributed by atoms with Crippen molar-refractivity contribution in [3.63, 3.8) is 0 Å². The first kappa shape index (κ1) is 20.0. The fraction of sp³-hybridized carbons (Fsp3) is 0.111. The molecule has 0 aliphatic carbocycles. The summed E-state index contributed by atoms with van der Waals surface area (Å²) in [6.07, 6.45) is 5.74. The molecule has 0 fully saturated rings. The maximum Gasteiger partial charge on any atom is 0.122 e. The van der Waals surface area contributed by atoms with Crippen molar-refractivity contribution >= 4 is 0 Å². The van der Waals surface area contributed by atoms with E-state index in [-0.39, 0.29) is 0 Å². The molecule has 3 aromatic carbocycles. The first-order valence-corrected chi connectivity index (χ1v) is 10.7. The van der Waals surface area contributed by atoms with E-state index in [1.807, 2.05) is 47.0 Å². The summed E-state index contributed by atoms with van der Waals surface area (Å²) in [4.78, 5) is 4.39. The summed E-state index contributed by atoms with van der Waals surface area (Å²) >= 11 is 0. The van der Waals surface area contributed by atoms with E-state index in [0.29, 0.717) is 13.1 Å². The summed E-state index contributed by atoms with van der Waals surface area (Å²) in [6, 6.07) is 29.4. The van der Waals surface area contributed by atoms with E-state index < -0.39 is 0 Å². The van der Waals surface area contributed by atoms with Crippen molar-refractivity contribution in [1.82, 2.24) is 24.6 Å². The van der Waals surface area contributed by atoms with Crippen molar-refractivity contribution in [3.8, 4) is 28.1 Å². The van der Waals surface area contributed by atoms with Gasteiger partial charge in [-0.1, -0.05) is 72.8 Å². The summed E-state index contributed by atoms with van der Waals surface area (Å²) in [5.74, 6) is 1.01. The van der Waals surface area contributed by atoms with Crippen LogP contribution in [0.5, 0.6) is 0 Å². The van der Waals surface area contributed by atoms with Gasteiger partial charge in [0.15, 0.2) is 0 Å². The van der Waals surface area contributed by atoms with E-state index >= 15 is 0 Å². The van der Waals surface area contributed by atoms with Gasteiger partial charge in [0.1, 0.15) is 5.82 Å². The van der Waals surface area contributed by atoms with Gasteiger partial charge >= 0.3 is 0 Å². The zero-order valence-electron chi connectivity index (χ0n) is 18.0. The minimum atomic E-state index is 0.703. The molecule has 0 saturated carbocycles. The van der Waals surface area contributed by atoms with Crippen LogP contribution in [0.25, 0.3) is 28.1 Å². The van der Waals surface area contributed by atoms with Gasteiger partial charge in [-0.2, -0.15) is 5.10 Å². The Labute approximate surface area is 188 Å². The van der Waals surface area contributed by atoms with Crippen LogP contribution in [0.2, 0.25) is 0 Å². The monoisotopic (exact) mass is 419 g/mol. The Morgan fingerprint density at radius 2 is 1.41 bits per heavy atom. The zero-order chi connectivity index (χ0) is 21.8. The molecule has 158 valence electrons. The van der Waals surface area contributed by atoms with Crippen LogP contribution in [0.3, 0.4) is 0 Å². The fourth-order valence-corrected chi connectivity index (χ4v) is 3.91. The summed E-state index contributed by atoms with van der Waals surface area (Å²) in [7, 11) is 2.01. The lowest BCUT2D eigenvalue weighted by molar-refractivity contribution is 0.639. The number of rotatable bonds is 7. The molecule has 5 aromatic rings. The van der Waals surface area contributed by atoms with Gasteiger partial charge in [0, 0.05) is 37.1 Å². The first-order valence-electron chi connectivity index (χ1n) is 10.7. The maximum absolute atomic E-state index is 4.75. The smallest absolute Gasteiger partial charge is 0.122 e. The number of hydrogen-bond donors (Lipinski definition) is 1. The van der Waals surface area contributed by atoms with Crippen molar-refractivity contribution in [2.45, 2.75) is 13.1 Å². The van der Waals surface area contributed by atoms with Gasteiger partial charge in [-0.15, -0.1) is 0 Å². The molecule has 5 rings (SSSR count). The van der Waals surface area contributed by atoms with Crippen molar-refractivity contribution in [2.75, 3.05) is 0 Å². The number of nitrogens with zero attached hydrogens (tertiary/aromatic N) is 4. The van der Waals surface area contributed by atoms with Crippen molar-refractivity contribution < 1.29 is 0 Å². The van der Waals surface area contributed by atoms with Crippen molar-refractivity contribution in [1.29, 1.82) is 0 Å². The lowest BCUT2D eigenvalue weighted by atomic mass is 10.0. The molecule has 1 N–H and O–H groups in total. The molecule has 0 spiro atoms. The molecule has 5 heteroatoms. The average molecular weight is 420 g/mol. The van der Waals surface area contributed by atoms with Crippen LogP contribution < -0.4 is 5.32 Å². The number of aromatic nitrogens is 4. The summed E-state index contributed by atoms with van der Waals surface area (Å²) in [5, 5.41) is 8.27. The number of hydrogen-bond acceptors (Lipinski definition) is 3. The Kier molecular flexibility index (Phi) is 5.64. The molecule has 5 nitrogen and oxygen atoms in total. The molecular weight excluding hydrogens is 394 g/mol. The largest absolute Gasteiger partial charge is 0.337 e. The minimum absolute atomic E-state index is 0.703. The molecule has 0 aliphatic heterocycles. The maximum atomic E-state index is 4.75. The molecule has 0 atom stereocenters. The number of benzene rings is 3. The molecule has 2 aromatic heterocycles. The summed E-state index contributed by atoms with van der Waals surface area (Å²) in [5.41, 5.74) is 6.84. The highest BCUT2D eigenvalue weighted by Gasteiger charge is 2.14. The van der Waals surface area contributed by atoms with Gasteiger partial charge in [-0.05, 0) is 23.3 Å². The minimum Gasteiger partial charge on any atom is -0.337 e. The molecule has 2 heterocycles. The standard InChI is InChI=1S/C27H25N5/c1-31-17-16-29-26(31)20-28-18-24-19-30-32(27(24)23-10-6-3-7-11-23)25-14-12-22(13-15-25)21-8-4-2-5-9-21/h2-17,19,28H,18,20H2,1H3. The second kappa shape index (κ2) is 9.04. The molecule has 0 aliphatic rings. The van der Waals surface area contributed by atoms with E-state index in [0.717, 1.165) is 28.3 Å². The molecule has 0 bridgehead atoms. The van der Waals surface area contributed by atoms with Crippen molar-refractivity contribution in [3.05, 3.63) is 115 Å². The Morgan fingerprint density at radius 3 is 2.06 bits per heavy atom. The Balaban J connectivity index is 1.45. The van der Waals surface area contributed by atoms with Crippen molar-refractivity contribution in [2.24, 2.45) is 7.05 Å². The highest BCUT2D eigenvalue weighted by Crippen LogP contribution is 2.28. The topological polar surface area (TPSA) is 47.7 Å². The molecule has 0 saturated heterocycles. The van der Waals surface area contributed by atoms with E-state index in [9.17, 15) is 0 Å². The van der Waals surface area contributed by atoms with Crippen LogP contribution in [0, 0.1) is 0 Å². The van der Waals surface area contributed by atoms with E-state index in [1.54, 1.807) is 0 Å². The second-order valence-corrected chi connectivity index (χ2v) is 7.77. The molecule has 0 amide bonds. The van der Waals surface area contributed by atoms with Crippen LogP contribution in [-0.4, -0.2) is 19.3 Å². The summed E-state index contributed by atoms with van der Waals surface area (Å²) < 4.78 is 4.06. The number of imidazole rings is 1. The van der Waals surface area contributed by atoms with Crippen LogP contribution in [0.4, 0.5) is 0 Å². The lowest BCUT2D eigenvalue weighted by Gasteiger charge is -2.12. The second-order valence-electron chi connectivity index (χ2n) is 7.77.